The number of hydrogen-bond donors (Lipinski definition) is 0. The molecule has 8 rings (SSSR count). The van der Waals surface area contributed by atoms with Crippen LogP contribution in [0, 0.1) is 12.1 Å². The summed E-state index contributed by atoms with van der Waals surface area (Å²) in [5.74, 6) is 0. The Balaban J connectivity index is 0.00000351. The third kappa shape index (κ3) is 4.95. The van der Waals surface area contributed by atoms with E-state index in [0.717, 1.165) is 34.0 Å². The second kappa shape index (κ2) is 12.3. The average Bonchev–Trinajstić information content (AvgIpc) is 3.66. The minimum atomic E-state index is -0.692. The Hall–Kier alpha value is -5.08. The van der Waals surface area contributed by atoms with Gasteiger partial charge in [0.1, 0.15) is 0 Å². The molecule has 0 unspecified atom stereocenters. The number of pyridine rings is 1. The molecule has 0 N–H and O–H groups in total. The van der Waals surface area contributed by atoms with Gasteiger partial charge < -0.3 is 4.90 Å². The molecule has 1 aliphatic carbocycles. The number of hydrogen-bond acceptors (Lipinski definition) is 3. The summed E-state index contributed by atoms with van der Waals surface area (Å²) < 4.78 is 1.83. The summed E-state index contributed by atoms with van der Waals surface area (Å²) in [7, 11) is 0. The van der Waals surface area contributed by atoms with E-state index in [4.69, 9.17) is 4.98 Å². The molecule has 4 nitrogen and oxygen atoms in total. The third-order valence-electron chi connectivity index (χ3n) is 9.25. The first-order valence-corrected chi connectivity index (χ1v) is 15.6. The fourth-order valence-corrected chi connectivity index (χ4v) is 7.20. The molecular weight excluding hydrogens is 667 g/mol. The molecule has 0 spiro atoms. The molecule has 0 saturated carbocycles. The zero-order valence-electron chi connectivity index (χ0n) is 26.1. The summed E-state index contributed by atoms with van der Waals surface area (Å²) in [4.78, 5) is 7.29. The normalized spacial score (nSPS) is 13.9. The monoisotopic (exact) mass is 698 g/mol. The number of nitrogens with zero attached hydrogens (tertiary/aromatic N) is 4. The van der Waals surface area contributed by atoms with Gasteiger partial charge >= 0.3 is 20.4 Å². The van der Waals surface area contributed by atoms with Gasteiger partial charge in [0, 0.05) is 29.7 Å². The molecule has 47 heavy (non-hydrogen) atoms. The second-order valence-corrected chi connectivity index (χ2v) is 12.2. The topological polar surface area (TPSA) is 34.0 Å². The van der Waals surface area contributed by atoms with Crippen molar-refractivity contribution in [2.24, 2.45) is 0 Å². The van der Waals surface area contributed by atoms with Gasteiger partial charge in [0.05, 0.1) is 11.1 Å². The zero-order chi connectivity index (χ0) is 31.1. The van der Waals surface area contributed by atoms with E-state index in [2.05, 4.69) is 145 Å². The third-order valence-corrected chi connectivity index (χ3v) is 9.25. The first-order valence-electron chi connectivity index (χ1n) is 15.6. The Kier molecular flexibility index (Phi) is 7.98. The maximum absolute atomic E-state index is 5.08. The van der Waals surface area contributed by atoms with Crippen molar-refractivity contribution in [3.63, 3.8) is 0 Å². The van der Waals surface area contributed by atoms with Gasteiger partial charge in [-0.15, -0.1) is 29.8 Å². The second-order valence-electron chi connectivity index (χ2n) is 12.2. The van der Waals surface area contributed by atoms with Crippen molar-refractivity contribution in [2.75, 3.05) is 4.90 Å². The molecule has 7 aromatic rings. The van der Waals surface area contributed by atoms with E-state index < -0.39 is 5.41 Å². The number of aromatic nitrogens is 3. The van der Waals surface area contributed by atoms with Crippen LogP contribution in [0.3, 0.4) is 0 Å². The minimum absolute atomic E-state index is 0. The molecule has 0 bridgehead atoms. The Bertz CT molecular complexity index is 2090. The van der Waals surface area contributed by atoms with Crippen LogP contribution in [0.5, 0.6) is 0 Å². The Morgan fingerprint density at radius 1 is 0.574 bits per heavy atom. The molecule has 2 aromatic heterocycles. The van der Waals surface area contributed by atoms with Gasteiger partial charge in [0.2, 0.25) is 0 Å². The molecule has 0 atom stereocenters. The Morgan fingerprint density at radius 2 is 1.19 bits per heavy atom. The van der Waals surface area contributed by atoms with E-state index in [0.29, 0.717) is 0 Å². The summed E-state index contributed by atoms with van der Waals surface area (Å²) >= 11 is 0. The minimum Gasteiger partial charge on any atom is -0.358 e. The number of rotatable bonds is 6. The molecule has 0 aliphatic heterocycles. The zero-order valence-corrected chi connectivity index (χ0v) is 27.7. The van der Waals surface area contributed by atoms with Crippen LogP contribution in [0.1, 0.15) is 47.4 Å². The van der Waals surface area contributed by atoms with Crippen molar-refractivity contribution >= 4 is 17.1 Å². The Labute approximate surface area is 290 Å². The van der Waals surface area contributed by atoms with Crippen LogP contribution >= 0.6 is 0 Å². The van der Waals surface area contributed by atoms with Crippen LogP contribution in [0.2, 0.25) is 0 Å². The maximum Gasteiger partial charge on any atom is 2.00 e. The van der Waals surface area contributed by atoms with Crippen LogP contribution in [-0.2, 0) is 31.3 Å². The number of benzene rings is 5. The molecule has 5 aromatic carbocycles. The Morgan fingerprint density at radius 3 is 1.83 bits per heavy atom. The standard InChI is InChI=1S/C42H32N4.Pd/c1-41(2)36-21-6-8-23-38(36)42(40-25-10-11-26-43-40,39-24-9-7-22-37(39)41)31-15-12-19-34(29-31)46(32-16-4-3-5-17-32)35-20-13-18-33(30-35)45-28-14-27-44-45;/h3-28H,1-2H3;/q-2;+2. The molecular formula is C42H32N4Pd. The van der Waals surface area contributed by atoms with Gasteiger partial charge in [-0.05, 0) is 58.3 Å². The van der Waals surface area contributed by atoms with Crippen LogP contribution in [0.15, 0.2) is 158 Å². The molecule has 5 heteroatoms. The van der Waals surface area contributed by atoms with Crippen molar-refractivity contribution in [1.29, 1.82) is 0 Å². The van der Waals surface area contributed by atoms with Crippen molar-refractivity contribution in [3.05, 3.63) is 204 Å². The maximum atomic E-state index is 5.08. The van der Waals surface area contributed by atoms with Crippen LogP contribution in [0.25, 0.3) is 5.69 Å². The first kappa shape index (κ1) is 30.6. The number of anilines is 3. The quantitative estimate of drug-likeness (QED) is 0.128. The van der Waals surface area contributed by atoms with E-state index in [1.807, 2.05) is 47.4 Å². The van der Waals surface area contributed by atoms with Gasteiger partial charge in [0.25, 0.3) is 0 Å². The SMILES string of the molecule is CC1(C)c2ccccc2C(c2[c-]c(N(c3[c-]c(-n4cccn4)ccc3)c3ccccc3)ccc2)(c2ccccn2)c2ccccc21.[Pd+2]. The predicted octanol–water partition coefficient (Wildman–Crippen LogP) is 9.36. The smallest absolute Gasteiger partial charge is 0.358 e. The largest absolute Gasteiger partial charge is 2.00 e. The van der Waals surface area contributed by atoms with Crippen molar-refractivity contribution in [3.8, 4) is 5.69 Å². The van der Waals surface area contributed by atoms with E-state index in [1.165, 1.54) is 22.3 Å². The van der Waals surface area contributed by atoms with E-state index >= 15 is 0 Å². The summed E-state index contributed by atoms with van der Waals surface area (Å²) in [6, 6.07) is 56.5. The summed E-state index contributed by atoms with van der Waals surface area (Å²) in [5.41, 5.74) is 9.83. The molecule has 1 aliphatic rings. The van der Waals surface area contributed by atoms with E-state index in [9.17, 15) is 0 Å². The van der Waals surface area contributed by atoms with E-state index in [1.54, 1.807) is 6.20 Å². The first-order chi connectivity index (χ1) is 22.6. The fourth-order valence-electron chi connectivity index (χ4n) is 7.20. The molecule has 0 amide bonds. The summed E-state index contributed by atoms with van der Waals surface area (Å²) in [5, 5.41) is 4.46. The summed E-state index contributed by atoms with van der Waals surface area (Å²) in [6.07, 6.45) is 5.62. The van der Waals surface area contributed by atoms with Crippen molar-refractivity contribution in [2.45, 2.75) is 24.7 Å². The number of para-hydroxylation sites is 1. The van der Waals surface area contributed by atoms with Gasteiger partial charge in [-0.2, -0.15) is 29.4 Å². The molecule has 0 saturated heterocycles. The van der Waals surface area contributed by atoms with Crippen LogP contribution in [-0.4, -0.2) is 14.8 Å². The predicted molar refractivity (Wildman–Crippen MR) is 184 cm³/mol. The van der Waals surface area contributed by atoms with Gasteiger partial charge in [0.15, 0.2) is 0 Å². The summed E-state index contributed by atoms with van der Waals surface area (Å²) in [6.45, 7) is 4.65. The van der Waals surface area contributed by atoms with Crippen LogP contribution in [0.4, 0.5) is 17.1 Å². The van der Waals surface area contributed by atoms with Gasteiger partial charge in [-0.3, -0.25) is 9.67 Å². The van der Waals surface area contributed by atoms with Crippen LogP contribution < -0.4 is 4.90 Å². The van der Waals surface area contributed by atoms with Crippen molar-refractivity contribution < 1.29 is 20.4 Å². The van der Waals surface area contributed by atoms with E-state index in [-0.39, 0.29) is 25.8 Å². The van der Waals surface area contributed by atoms with Gasteiger partial charge in [-0.1, -0.05) is 98.0 Å². The van der Waals surface area contributed by atoms with Gasteiger partial charge in [-0.25, -0.2) is 0 Å². The number of fused-ring (bicyclic) bond motifs is 2. The molecule has 0 fully saturated rings. The fraction of sp³-hybridized carbons (Fsp3) is 0.0952. The molecule has 230 valence electrons. The van der Waals surface area contributed by atoms with Crippen molar-refractivity contribution in [1.82, 2.24) is 14.8 Å². The molecule has 0 radical (unpaired) electrons. The average molecular weight is 699 g/mol. The molecule has 2 heterocycles.